The number of hydrogen-bond acceptors (Lipinski definition) is 4. The highest BCUT2D eigenvalue weighted by Gasteiger charge is 2.20. The van der Waals surface area contributed by atoms with Crippen molar-refractivity contribution in [3.8, 4) is 0 Å². The van der Waals surface area contributed by atoms with Crippen molar-refractivity contribution < 1.29 is 14.1 Å². The van der Waals surface area contributed by atoms with E-state index in [0.29, 0.717) is 28.9 Å². The molecule has 0 spiro atoms. The first-order valence-electron chi connectivity index (χ1n) is 7.71. The molecule has 1 aromatic carbocycles. The first-order valence-corrected chi connectivity index (χ1v) is 8.08. The Morgan fingerprint density at radius 1 is 1.33 bits per heavy atom. The van der Waals surface area contributed by atoms with Crippen molar-refractivity contribution in [1.29, 1.82) is 0 Å². The van der Waals surface area contributed by atoms with E-state index in [9.17, 15) is 9.59 Å². The number of nitrogens with one attached hydrogen (secondary N) is 1. The molecule has 1 aromatic heterocycles. The lowest BCUT2D eigenvalue weighted by molar-refractivity contribution is -0.117. The van der Waals surface area contributed by atoms with Gasteiger partial charge in [-0.2, -0.15) is 0 Å². The van der Waals surface area contributed by atoms with Gasteiger partial charge in [-0.1, -0.05) is 36.7 Å². The Labute approximate surface area is 145 Å². The number of carbonyl (C=O) groups is 2. The summed E-state index contributed by atoms with van der Waals surface area (Å²) < 4.78 is 4.67. The summed E-state index contributed by atoms with van der Waals surface area (Å²) in [4.78, 5) is 26.4. The Hall–Kier alpha value is -2.34. The van der Waals surface area contributed by atoms with E-state index in [-0.39, 0.29) is 18.4 Å². The standard InChI is InChI=1S/C17H20ClN3O3/c1-12(2)6-8-21(11-16(22)19-15-7-9-24-20-15)17(23)13-4-3-5-14(18)10-13/h3-5,7,9-10,12H,6,8,11H2,1-2H3,(H,19,20,22). The highest BCUT2D eigenvalue weighted by molar-refractivity contribution is 6.31. The zero-order chi connectivity index (χ0) is 17.5. The summed E-state index contributed by atoms with van der Waals surface area (Å²) >= 11 is 5.95. The van der Waals surface area contributed by atoms with Gasteiger partial charge in [0.1, 0.15) is 12.8 Å². The molecule has 1 heterocycles. The van der Waals surface area contributed by atoms with E-state index >= 15 is 0 Å². The fraction of sp³-hybridized carbons (Fsp3) is 0.353. The molecular formula is C17H20ClN3O3. The van der Waals surface area contributed by atoms with E-state index in [1.807, 2.05) is 0 Å². The third-order valence-electron chi connectivity index (χ3n) is 3.37. The highest BCUT2D eigenvalue weighted by atomic mass is 35.5. The molecule has 2 amide bonds. The van der Waals surface area contributed by atoms with E-state index in [2.05, 4.69) is 28.8 Å². The van der Waals surface area contributed by atoms with Crippen molar-refractivity contribution in [1.82, 2.24) is 10.1 Å². The molecule has 7 heteroatoms. The van der Waals surface area contributed by atoms with E-state index in [1.54, 1.807) is 24.3 Å². The Kier molecular flexibility index (Phi) is 6.37. The predicted octanol–water partition coefficient (Wildman–Crippen LogP) is 3.46. The molecule has 0 radical (unpaired) electrons. The van der Waals surface area contributed by atoms with Gasteiger partial charge in [0, 0.05) is 23.2 Å². The lowest BCUT2D eigenvalue weighted by Crippen LogP contribution is -2.39. The van der Waals surface area contributed by atoms with Gasteiger partial charge >= 0.3 is 0 Å². The summed E-state index contributed by atoms with van der Waals surface area (Å²) in [6.07, 6.45) is 2.16. The molecule has 6 nitrogen and oxygen atoms in total. The van der Waals surface area contributed by atoms with Crippen LogP contribution in [0.15, 0.2) is 41.1 Å². The maximum absolute atomic E-state index is 12.7. The molecule has 128 valence electrons. The molecule has 0 aliphatic carbocycles. The highest BCUT2D eigenvalue weighted by Crippen LogP contribution is 2.14. The molecule has 2 rings (SSSR count). The SMILES string of the molecule is CC(C)CCN(CC(=O)Nc1ccon1)C(=O)c1cccc(Cl)c1. The second-order valence-corrected chi connectivity index (χ2v) is 6.29. The molecule has 2 aromatic rings. The molecule has 0 unspecified atom stereocenters. The monoisotopic (exact) mass is 349 g/mol. The van der Waals surface area contributed by atoms with Crippen molar-refractivity contribution in [3.63, 3.8) is 0 Å². The lowest BCUT2D eigenvalue weighted by Gasteiger charge is -2.23. The molecular weight excluding hydrogens is 330 g/mol. The van der Waals surface area contributed by atoms with Gasteiger partial charge in [0.25, 0.3) is 5.91 Å². The normalized spacial score (nSPS) is 10.7. The van der Waals surface area contributed by atoms with Crippen LogP contribution in [0, 0.1) is 5.92 Å². The smallest absolute Gasteiger partial charge is 0.254 e. The molecule has 0 saturated heterocycles. The van der Waals surface area contributed by atoms with Gasteiger partial charge in [0.2, 0.25) is 5.91 Å². The minimum absolute atomic E-state index is 0.0646. The average Bonchev–Trinajstić information content (AvgIpc) is 3.03. The fourth-order valence-electron chi connectivity index (χ4n) is 2.10. The van der Waals surface area contributed by atoms with Gasteiger partial charge in [-0.15, -0.1) is 0 Å². The largest absolute Gasteiger partial charge is 0.363 e. The summed E-state index contributed by atoms with van der Waals surface area (Å²) in [6, 6.07) is 8.24. The number of nitrogens with zero attached hydrogens (tertiary/aromatic N) is 2. The number of carbonyl (C=O) groups excluding carboxylic acids is 2. The lowest BCUT2D eigenvalue weighted by atomic mass is 10.1. The molecule has 1 N–H and O–H groups in total. The minimum atomic E-state index is -0.331. The first-order chi connectivity index (χ1) is 11.5. The van der Waals surface area contributed by atoms with E-state index < -0.39 is 0 Å². The van der Waals surface area contributed by atoms with E-state index in [4.69, 9.17) is 11.6 Å². The second-order valence-electron chi connectivity index (χ2n) is 5.85. The minimum Gasteiger partial charge on any atom is -0.363 e. The second kappa shape index (κ2) is 8.49. The summed E-state index contributed by atoms with van der Waals surface area (Å²) in [7, 11) is 0. The predicted molar refractivity (Wildman–Crippen MR) is 91.9 cm³/mol. The van der Waals surface area contributed by atoms with Crippen LogP contribution in [0.1, 0.15) is 30.6 Å². The zero-order valence-corrected chi connectivity index (χ0v) is 14.4. The number of amides is 2. The Morgan fingerprint density at radius 2 is 2.12 bits per heavy atom. The van der Waals surface area contributed by atoms with E-state index in [1.165, 1.54) is 17.2 Å². The zero-order valence-electron chi connectivity index (χ0n) is 13.7. The molecule has 0 aliphatic heterocycles. The van der Waals surface area contributed by atoms with Gasteiger partial charge in [0.05, 0.1) is 0 Å². The van der Waals surface area contributed by atoms with Crippen molar-refractivity contribution >= 4 is 29.2 Å². The van der Waals surface area contributed by atoms with Crippen LogP contribution >= 0.6 is 11.6 Å². The van der Waals surface area contributed by atoms with Crippen LogP contribution in [0.4, 0.5) is 5.82 Å². The maximum Gasteiger partial charge on any atom is 0.254 e. The first kappa shape index (κ1) is 18.0. The molecule has 0 fully saturated rings. The number of anilines is 1. The topological polar surface area (TPSA) is 75.4 Å². The van der Waals surface area contributed by atoms with Crippen LogP contribution in [0.25, 0.3) is 0 Å². The quantitative estimate of drug-likeness (QED) is 0.830. The Balaban J connectivity index is 2.08. The molecule has 0 saturated carbocycles. The number of aromatic nitrogens is 1. The van der Waals surface area contributed by atoms with Crippen LogP contribution in [-0.2, 0) is 4.79 Å². The van der Waals surface area contributed by atoms with Crippen molar-refractivity contribution in [2.45, 2.75) is 20.3 Å². The average molecular weight is 350 g/mol. The van der Waals surface area contributed by atoms with Gasteiger partial charge in [0.15, 0.2) is 5.82 Å². The van der Waals surface area contributed by atoms with Gasteiger partial charge in [-0.25, -0.2) is 0 Å². The number of rotatable bonds is 7. The van der Waals surface area contributed by atoms with Crippen molar-refractivity contribution in [2.75, 3.05) is 18.4 Å². The fourth-order valence-corrected chi connectivity index (χ4v) is 2.29. The maximum atomic E-state index is 12.7. The molecule has 24 heavy (non-hydrogen) atoms. The van der Waals surface area contributed by atoms with Crippen LogP contribution in [0.3, 0.4) is 0 Å². The van der Waals surface area contributed by atoms with Crippen LogP contribution in [-0.4, -0.2) is 35.0 Å². The van der Waals surface area contributed by atoms with Crippen LogP contribution < -0.4 is 5.32 Å². The van der Waals surface area contributed by atoms with Crippen LogP contribution in [0.2, 0.25) is 5.02 Å². The number of hydrogen-bond donors (Lipinski definition) is 1. The van der Waals surface area contributed by atoms with Crippen LogP contribution in [0.5, 0.6) is 0 Å². The summed E-state index contributed by atoms with van der Waals surface area (Å²) in [6.45, 7) is 4.55. The number of halogens is 1. The van der Waals surface area contributed by atoms with Crippen molar-refractivity contribution in [3.05, 3.63) is 47.2 Å². The summed E-state index contributed by atoms with van der Waals surface area (Å²) in [5, 5.41) is 6.70. The van der Waals surface area contributed by atoms with Gasteiger partial charge < -0.3 is 14.7 Å². The van der Waals surface area contributed by atoms with Gasteiger partial charge in [-0.3, -0.25) is 9.59 Å². The molecule has 0 aliphatic rings. The van der Waals surface area contributed by atoms with Crippen molar-refractivity contribution in [2.24, 2.45) is 5.92 Å². The van der Waals surface area contributed by atoms with Gasteiger partial charge in [-0.05, 0) is 30.5 Å². The summed E-state index contributed by atoms with van der Waals surface area (Å²) in [5.74, 6) is 0.175. The molecule has 0 atom stereocenters. The Morgan fingerprint density at radius 3 is 2.75 bits per heavy atom. The number of benzene rings is 1. The third kappa shape index (κ3) is 5.38. The summed E-state index contributed by atoms with van der Waals surface area (Å²) in [5.41, 5.74) is 0.459. The third-order valence-corrected chi connectivity index (χ3v) is 3.61. The Bertz CT molecular complexity index is 686. The molecule has 0 bridgehead atoms. The van der Waals surface area contributed by atoms with E-state index in [0.717, 1.165) is 6.42 Å².